The average molecular weight is 556 g/mol. The van der Waals surface area contributed by atoms with Crippen molar-refractivity contribution in [2.24, 2.45) is 5.92 Å². The predicted molar refractivity (Wildman–Crippen MR) is 157 cm³/mol. The number of nitrogens with zero attached hydrogens (tertiary/aromatic N) is 1. The minimum Gasteiger partial charge on any atom is -0.508 e. The number of hydrogen-bond acceptors (Lipinski definition) is 6. The molecular formula is C30H41N3O5S. The highest BCUT2D eigenvalue weighted by Crippen LogP contribution is 2.22. The second kappa shape index (κ2) is 16.0. The van der Waals surface area contributed by atoms with Gasteiger partial charge in [-0.05, 0) is 30.9 Å². The van der Waals surface area contributed by atoms with E-state index < -0.39 is 24.0 Å². The zero-order chi connectivity index (χ0) is 28.9. The molecule has 0 heterocycles. The zero-order valence-corrected chi connectivity index (χ0v) is 24.0. The molecule has 39 heavy (non-hydrogen) atoms. The number of carbonyl (C=O) groups is 3. The number of allylic oxidation sites excluding steroid dienone is 3. The van der Waals surface area contributed by atoms with Crippen molar-refractivity contribution in [2.75, 3.05) is 19.0 Å². The second-order valence-corrected chi connectivity index (χ2v) is 11.4. The van der Waals surface area contributed by atoms with Gasteiger partial charge in [-0.1, -0.05) is 69.3 Å². The summed E-state index contributed by atoms with van der Waals surface area (Å²) in [6.07, 6.45) is 5.49. The van der Waals surface area contributed by atoms with Crippen molar-refractivity contribution in [3.8, 4) is 0 Å². The fourth-order valence-corrected chi connectivity index (χ4v) is 4.61. The minimum atomic E-state index is -1.22. The fraction of sp³-hybridized carbons (Fsp3) is 0.433. The number of hydrogen-bond donors (Lipinski definition) is 4. The van der Waals surface area contributed by atoms with E-state index >= 15 is 0 Å². The van der Waals surface area contributed by atoms with Gasteiger partial charge in [0.1, 0.15) is 12.3 Å². The number of nitrogens with one attached hydrogen (secondary N) is 2. The van der Waals surface area contributed by atoms with Crippen molar-refractivity contribution in [1.29, 1.82) is 0 Å². The molecule has 0 bridgehead atoms. The number of aliphatic hydroxyl groups is 2. The van der Waals surface area contributed by atoms with Gasteiger partial charge in [0, 0.05) is 22.9 Å². The average Bonchev–Trinajstić information content (AvgIpc) is 3.02. The molecule has 9 heteroatoms. The van der Waals surface area contributed by atoms with Crippen LogP contribution in [0.3, 0.4) is 0 Å². The second-order valence-electron chi connectivity index (χ2n) is 9.88. The Bertz CT molecular complexity index is 1100. The lowest BCUT2D eigenvalue weighted by molar-refractivity contribution is -0.137. The number of rotatable bonds is 14. The monoisotopic (exact) mass is 555 g/mol. The summed E-state index contributed by atoms with van der Waals surface area (Å²) in [5, 5.41) is 27.4. The molecular weight excluding hydrogens is 514 g/mol. The molecule has 0 saturated heterocycles. The van der Waals surface area contributed by atoms with Gasteiger partial charge in [0.05, 0.1) is 24.4 Å². The summed E-state index contributed by atoms with van der Waals surface area (Å²) in [6, 6.07) is 8.58. The van der Waals surface area contributed by atoms with E-state index in [0.29, 0.717) is 23.6 Å². The van der Waals surface area contributed by atoms with Gasteiger partial charge < -0.3 is 25.7 Å². The number of thioether (sulfide) groups is 1. The van der Waals surface area contributed by atoms with Gasteiger partial charge in [0.15, 0.2) is 0 Å². The molecule has 1 aliphatic rings. The Balaban J connectivity index is 2.25. The number of amides is 3. The molecule has 0 saturated carbocycles. The van der Waals surface area contributed by atoms with Crippen LogP contribution < -0.4 is 10.6 Å². The Kier molecular flexibility index (Phi) is 13.1. The van der Waals surface area contributed by atoms with E-state index in [1.54, 1.807) is 25.2 Å². The fourth-order valence-electron chi connectivity index (χ4n) is 3.89. The molecule has 3 amide bonds. The first-order valence-corrected chi connectivity index (χ1v) is 14.2. The van der Waals surface area contributed by atoms with E-state index in [1.165, 1.54) is 16.7 Å². The first-order valence-electron chi connectivity index (χ1n) is 13.1. The highest BCUT2D eigenvalue weighted by Gasteiger charge is 2.29. The van der Waals surface area contributed by atoms with Crippen LogP contribution in [0.5, 0.6) is 0 Å². The Labute approximate surface area is 235 Å². The van der Waals surface area contributed by atoms with Crippen molar-refractivity contribution in [2.45, 2.75) is 57.9 Å². The molecule has 2 rings (SSSR count). The topological polar surface area (TPSA) is 119 Å². The van der Waals surface area contributed by atoms with Crippen molar-refractivity contribution < 1.29 is 24.6 Å². The lowest BCUT2D eigenvalue weighted by Crippen LogP contribution is -2.48. The third-order valence-corrected chi connectivity index (χ3v) is 7.31. The van der Waals surface area contributed by atoms with E-state index in [0.717, 1.165) is 5.56 Å². The first-order chi connectivity index (χ1) is 18.5. The van der Waals surface area contributed by atoms with Crippen LogP contribution in [0.2, 0.25) is 0 Å². The molecule has 3 unspecified atom stereocenters. The van der Waals surface area contributed by atoms with Crippen LogP contribution in [0.25, 0.3) is 0 Å². The van der Waals surface area contributed by atoms with E-state index in [-0.39, 0.29) is 42.2 Å². The van der Waals surface area contributed by atoms with Crippen LogP contribution in [0, 0.1) is 5.92 Å². The van der Waals surface area contributed by atoms with Gasteiger partial charge in [-0.3, -0.25) is 14.4 Å². The van der Waals surface area contributed by atoms with Crippen molar-refractivity contribution >= 4 is 29.5 Å². The van der Waals surface area contributed by atoms with Crippen LogP contribution in [-0.2, 0) is 20.8 Å². The van der Waals surface area contributed by atoms with Crippen LogP contribution in [0.15, 0.2) is 78.1 Å². The summed E-state index contributed by atoms with van der Waals surface area (Å²) >= 11 is 1.51. The third-order valence-electron chi connectivity index (χ3n) is 6.18. The zero-order valence-electron chi connectivity index (χ0n) is 23.2. The quantitative estimate of drug-likeness (QED) is 0.206. The normalized spacial score (nSPS) is 16.7. The van der Waals surface area contributed by atoms with Crippen molar-refractivity contribution in [3.63, 3.8) is 0 Å². The van der Waals surface area contributed by atoms with E-state index in [1.807, 2.05) is 57.2 Å². The van der Waals surface area contributed by atoms with E-state index in [9.17, 15) is 24.6 Å². The largest absolute Gasteiger partial charge is 0.508 e. The van der Waals surface area contributed by atoms with Gasteiger partial charge in [-0.25, -0.2) is 0 Å². The number of carbonyl (C=O) groups excluding carboxylic acids is 3. The molecule has 3 atom stereocenters. The van der Waals surface area contributed by atoms with Gasteiger partial charge in [-0.15, -0.1) is 18.3 Å². The first kappa shape index (κ1) is 31.9. The summed E-state index contributed by atoms with van der Waals surface area (Å²) in [4.78, 5) is 40.4. The van der Waals surface area contributed by atoms with Gasteiger partial charge >= 0.3 is 0 Å². The third kappa shape index (κ3) is 10.8. The predicted octanol–water partition coefficient (Wildman–Crippen LogP) is 3.66. The molecule has 1 aliphatic carbocycles. The molecule has 1 aromatic carbocycles. The highest BCUT2D eigenvalue weighted by atomic mass is 32.2. The number of benzene rings is 1. The molecule has 0 fully saturated rings. The maximum atomic E-state index is 13.3. The molecule has 212 valence electrons. The summed E-state index contributed by atoms with van der Waals surface area (Å²) in [6.45, 7) is 11.3. The summed E-state index contributed by atoms with van der Waals surface area (Å²) in [7, 11) is 0. The molecule has 0 aromatic heterocycles. The smallest absolute Gasteiger partial charge is 0.251 e. The van der Waals surface area contributed by atoms with Gasteiger partial charge in [0.2, 0.25) is 11.8 Å². The summed E-state index contributed by atoms with van der Waals surface area (Å²) in [5.74, 6) is -0.896. The maximum absolute atomic E-state index is 13.3. The van der Waals surface area contributed by atoms with Crippen molar-refractivity contribution in [1.82, 2.24) is 15.5 Å². The molecule has 0 radical (unpaired) electrons. The van der Waals surface area contributed by atoms with Crippen molar-refractivity contribution in [3.05, 3.63) is 83.7 Å². The molecule has 8 nitrogen and oxygen atoms in total. The SMILES string of the molecule is C=CCNC(=O)CN(CSC(C)C)C(=O)CC(O)C(Cc1ccccc1)NC(=O)C1=C(C)C(O)=CC(C)C=C1. The summed E-state index contributed by atoms with van der Waals surface area (Å²) in [5.41, 5.74) is 1.60. The Morgan fingerprint density at radius 2 is 1.90 bits per heavy atom. The van der Waals surface area contributed by atoms with Gasteiger partial charge in [0.25, 0.3) is 5.91 Å². The van der Waals surface area contributed by atoms with Crippen LogP contribution >= 0.6 is 11.8 Å². The minimum absolute atomic E-state index is 0.0287. The Morgan fingerprint density at radius 3 is 2.54 bits per heavy atom. The summed E-state index contributed by atoms with van der Waals surface area (Å²) < 4.78 is 0. The molecule has 1 aromatic rings. The van der Waals surface area contributed by atoms with E-state index in [2.05, 4.69) is 17.2 Å². The number of aliphatic hydroxyl groups excluding tert-OH is 2. The van der Waals surface area contributed by atoms with Crippen LogP contribution in [-0.4, -0.2) is 69.2 Å². The maximum Gasteiger partial charge on any atom is 0.251 e. The molecule has 4 N–H and O–H groups in total. The molecule has 0 aliphatic heterocycles. The van der Waals surface area contributed by atoms with Crippen LogP contribution in [0.1, 0.15) is 39.7 Å². The highest BCUT2D eigenvalue weighted by molar-refractivity contribution is 7.99. The van der Waals surface area contributed by atoms with Gasteiger partial charge in [-0.2, -0.15) is 0 Å². The Morgan fingerprint density at radius 1 is 1.21 bits per heavy atom. The lowest BCUT2D eigenvalue weighted by atomic mass is 9.97. The standard InChI is InChI=1S/C30H41N3O5S/c1-6-14-31-28(36)18-33(19-39-20(2)3)29(37)17-27(35)25(16-23-10-8-7-9-11-23)32-30(38)24-13-12-21(4)15-26(34)22(24)5/h6-13,15,20-21,25,27,34-35H,1,14,16-19H2,2-5H3,(H,31,36)(H,32,38). The van der Waals surface area contributed by atoms with E-state index in [4.69, 9.17) is 0 Å². The Hall–Kier alpha value is -3.30. The lowest BCUT2D eigenvalue weighted by Gasteiger charge is -2.28. The van der Waals surface area contributed by atoms with Crippen LogP contribution in [0.4, 0.5) is 0 Å². The molecule has 0 spiro atoms.